The molecule has 3 heterocycles. The molecule has 0 saturated carbocycles. The number of benzene rings is 2. The maximum Gasteiger partial charge on any atom is 0.354 e. The second-order valence-corrected chi connectivity index (χ2v) is 11.9. The Kier molecular flexibility index (Phi) is 9.53. The molecular formula is C32H39ClFN7O. The summed E-state index contributed by atoms with van der Waals surface area (Å²) in [6.07, 6.45) is 9.11. The average molecular weight is 592 g/mol. The summed E-state index contributed by atoms with van der Waals surface area (Å²) < 4.78 is 16.6. The molecule has 1 aliphatic rings. The van der Waals surface area contributed by atoms with Crippen LogP contribution in [0.5, 0.6) is 0 Å². The Hall–Kier alpha value is -3.37. The minimum atomic E-state index is -0.513. The van der Waals surface area contributed by atoms with Crippen LogP contribution in [0, 0.1) is 11.2 Å². The number of rotatable bonds is 11. The molecule has 2 aromatic carbocycles. The molecule has 0 spiro atoms. The molecule has 0 radical (unpaired) electrons. The summed E-state index contributed by atoms with van der Waals surface area (Å²) in [6, 6.07) is 13.9. The van der Waals surface area contributed by atoms with E-state index in [0.717, 1.165) is 62.5 Å². The maximum absolute atomic E-state index is 15.1. The van der Waals surface area contributed by atoms with Gasteiger partial charge in [0.25, 0.3) is 0 Å². The van der Waals surface area contributed by atoms with Gasteiger partial charge in [0.1, 0.15) is 5.65 Å². The third kappa shape index (κ3) is 6.98. The van der Waals surface area contributed by atoms with Gasteiger partial charge in [0.2, 0.25) is 0 Å². The number of H-pyrrole nitrogens is 1. The van der Waals surface area contributed by atoms with Gasteiger partial charge in [-0.15, -0.1) is 0 Å². The van der Waals surface area contributed by atoms with Gasteiger partial charge >= 0.3 is 5.69 Å². The highest BCUT2D eigenvalue weighted by molar-refractivity contribution is 6.31. The number of fused-ring (bicyclic) bond motifs is 1. The molecule has 1 saturated heterocycles. The van der Waals surface area contributed by atoms with Gasteiger partial charge in [-0.2, -0.15) is 4.98 Å². The number of nitrogens with one attached hydrogen (secondary N) is 3. The zero-order valence-corrected chi connectivity index (χ0v) is 24.7. The van der Waals surface area contributed by atoms with Crippen molar-refractivity contribution in [3.8, 4) is 16.9 Å². The lowest BCUT2D eigenvalue weighted by Gasteiger charge is -2.31. The Balaban J connectivity index is 1.35. The minimum Gasteiger partial charge on any atom is -0.339 e. The van der Waals surface area contributed by atoms with Crippen LogP contribution in [0.2, 0.25) is 5.02 Å². The molecule has 5 rings (SSSR count). The monoisotopic (exact) mass is 591 g/mol. The molecule has 10 heteroatoms. The second-order valence-electron chi connectivity index (χ2n) is 11.5. The maximum atomic E-state index is 15.1. The summed E-state index contributed by atoms with van der Waals surface area (Å²) in [5.74, 6) is -0.513. The molecule has 3 atom stereocenters. The molecule has 42 heavy (non-hydrogen) atoms. The lowest BCUT2D eigenvalue weighted by atomic mass is 9.91. The number of aromatic amines is 1. The Morgan fingerprint density at radius 1 is 1.24 bits per heavy atom. The predicted octanol–water partition coefficient (Wildman–Crippen LogP) is 5.79. The van der Waals surface area contributed by atoms with E-state index in [1.54, 1.807) is 24.4 Å². The topological polar surface area (TPSA) is 139 Å². The molecule has 222 valence electrons. The van der Waals surface area contributed by atoms with Crippen LogP contribution in [0.4, 0.5) is 4.39 Å². The summed E-state index contributed by atoms with van der Waals surface area (Å²) in [7, 11) is 0. The highest BCUT2D eigenvalue weighted by atomic mass is 35.5. The first kappa shape index (κ1) is 30.1. The second kappa shape index (κ2) is 13.3. The molecule has 7 N–H and O–H groups in total. The first-order valence-electron chi connectivity index (χ1n) is 14.7. The molecule has 0 amide bonds. The van der Waals surface area contributed by atoms with Crippen LogP contribution in [-0.4, -0.2) is 38.9 Å². The van der Waals surface area contributed by atoms with E-state index in [9.17, 15) is 4.79 Å². The van der Waals surface area contributed by atoms with Gasteiger partial charge in [-0.25, -0.2) is 9.18 Å². The Bertz CT molecular complexity index is 1610. The summed E-state index contributed by atoms with van der Waals surface area (Å²) in [5, 5.41) is 12.3. The van der Waals surface area contributed by atoms with E-state index in [1.165, 1.54) is 4.57 Å². The van der Waals surface area contributed by atoms with Crippen molar-refractivity contribution in [2.45, 2.75) is 76.4 Å². The van der Waals surface area contributed by atoms with Crippen molar-refractivity contribution in [1.29, 1.82) is 5.41 Å². The van der Waals surface area contributed by atoms with Crippen molar-refractivity contribution >= 4 is 28.3 Å². The number of aryl methyl sites for hydroxylation is 1. The summed E-state index contributed by atoms with van der Waals surface area (Å²) in [5.41, 5.74) is 15.7. The van der Waals surface area contributed by atoms with Crippen molar-refractivity contribution < 1.29 is 4.39 Å². The zero-order valence-electron chi connectivity index (χ0n) is 23.9. The highest BCUT2D eigenvalue weighted by Crippen LogP contribution is 2.32. The fourth-order valence-corrected chi connectivity index (χ4v) is 6.01. The summed E-state index contributed by atoms with van der Waals surface area (Å²) in [6.45, 7) is 2.28. The van der Waals surface area contributed by atoms with Gasteiger partial charge in [0.15, 0.2) is 5.82 Å². The van der Waals surface area contributed by atoms with E-state index >= 15 is 4.39 Å². The molecule has 0 bridgehead atoms. The van der Waals surface area contributed by atoms with E-state index < -0.39 is 11.5 Å². The molecule has 1 aliphatic heterocycles. The standard InChI is InChI=1S/C32H39ClFN7O/c1-19(36)4-2-5-20-14-26(30(34)27(33)15-20)29-16-22-18-41(32(42)40-31(22)39-29)25-12-8-21(9-13-25)28-7-3-6-24(38-28)11-10-23(37)17-35/h8-9,12-16,18-19,24,28,37-38H,2-7,10-11,17,35-36H2,1H3,(H,39,40,42)/t19-,24-,28-/m0/s1. The van der Waals surface area contributed by atoms with Crippen molar-refractivity contribution in [1.82, 2.24) is 19.9 Å². The van der Waals surface area contributed by atoms with Gasteiger partial charge in [-0.3, -0.25) is 4.57 Å². The Morgan fingerprint density at radius 3 is 2.76 bits per heavy atom. The number of hydrogen-bond acceptors (Lipinski definition) is 6. The van der Waals surface area contributed by atoms with Crippen molar-refractivity contribution in [3.63, 3.8) is 0 Å². The van der Waals surface area contributed by atoms with Gasteiger partial charge in [0.05, 0.1) is 16.4 Å². The van der Waals surface area contributed by atoms with Crippen LogP contribution in [-0.2, 0) is 6.42 Å². The van der Waals surface area contributed by atoms with Crippen molar-refractivity contribution in [2.75, 3.05) is 6.54 Å². The van der Waals surface area contributed by atoms with E-state index in [0.29, 0.717) is 46.3 Å². The van der Waals surface area contributed by atoms with Gasteiger partial charge in [0, 0.05) is 47.5 Å². The van der Waals surface area contributed by atoms with Crippen LogP contribution < -0.4 is 22.5 Å². The van der Waals surface area contributed by atoms with Crippen molar-refractivity contribution in [3.05, 3.63) is 81.1 Å². The third-order valence-electron chi connectivity index (χ3n) is 8.11. The number of aromatic nitrogens is 3. The SMILES string of the molecule is C[C@H](N)CCCc1cc(Cl)c(F)c(-c2cc3cn(-c4ccc([C@@H]5CCC[C@@H](CCC(=N)CN)N5)cc4)c(=O)nc3[nH]2)c1. The zero-order chi connectivity index (χ0) is 29.8. The average Bonchev–Trinajstić information content (AvgIpc) is 3.39. The Labute approximate surface area is 250 Å². The quantitative estimate of drug-likeness (QED) is 0.141. The Morgan fingerprint density at radius 2 is 2.02 bits per heavy atom. The van der Waals surface area contributed by atoms with Crippen LogP contribution in [0.1, 0.15) is 69.0 Å². The van der Waals surface area contributed by atoms with Crippen LogP contribution in [0.3, 0.4) is 0 Å². The lowest BCUT2D eigenvalue weighted by molar-refractivity contribution is 0.314. The molecule has 0 unspecified atom stereocenters. The largest absolute Gasteiger partial charge is 0.354 e. The summed E-state index contributed by atoms with van der Waals surface area (Å²) >= 11 is 6.25. The van der Waals surface area contributed by atoms with E-state index in [4.69, 9.17) is 28.5 Å². The molecule has 0 aliphatic carbocycles. The van der Waals surface area contributed by atoms with Crippen LogP contribution >= 0.6 is 11.6 Å². The first-order valence-corrected chi connectivity index (χ1v) is 15.1. The molecular weight excluding hydrogens is 553 g/mol. The van der Waals surface area contributed by atoms with Gasteiger partial charge in [-0.05, 0) is 93.3 Å². The van der Waals surface area contributed by atoms with Crippen molar-refractivity contribution in [2.24, 2.45) is 11.5 Å². The van der Waals surface area contributed by atoms with E-state index in [1.807, 2.05) is 31.2 Å². The lowest BCUT2D eigenvalue weighted by Crippen LogP contribution is -2.37. The van der Waals surface area contributed by atoms with Crippen LogP contribution in [0.15, 0.2) is 53.5 Å². The summed E-state index contributed by atoms with van der Waals surface area (Å²) in [4.78, 5) is 20.4. The molecule has 8 nitrogen and oxygen atoms in total. The van der Waals surface area contributed by atoms with Gasteiger partial charge < -0.3 is 27.2 Å². The number of hydrogen-bond donors (Lipinski definition) is 5. The fourth-order valence-electron chi connectivity index (χ4n) is 5.77. The smallest absolute Gasteiger partial charge is 0.339 e. The molecule has 2 aromatic heterocycles. The number of piperidine rings is 1. The first-order chi connectivity index (χ1) is 20.2. The molecule has 1 fully saturated rings. The predicted molar refractivity (Wildman–Crippen MR) is 168 cm³/mol. The molecule has 4 aromatic rings. The van der Waals surface area contributed by atoms with E-state index in [-0.39, 0.29) is 17.1 Å². The third-order valence-corrected chi connectivity index (χ3v) is 8.38. The van der Waals surface area contributed by atoms with Crippen LogP contribution in [0.25, 0.3) is 28.0 Å². The minimum absolute atomic E-state index is 0.0587. The normalized spacial score (nSPS) is 17.9. The highest BCUT2D eigenvalue weighted by Gasteiger charge is 2.22. The van der Waals surface area contributed by atoms with E-state index in [2.05, 4.69) is 15.3 Å². The van der Waals surface area contributed by atoms with Gasteiger partial charge in [-0.1, -0.05) is 30.2 Å². The number of halogens is 2. The number of nitrogens with two attached hydrogens (primary N) is 2. The fraction of sp³-hybridized carbons (Fsp3) is 0.406. The number of nitrogens with zero attached hydrogens (tertiary/aromatic N) is 2.